The average molecular weight is 354 g/mol. The maximum atomic E-state index is 11.9. The predicted octanol–water partition coefficient (Wildman–Crippen LogP) is 3.13. The molecule has 5 nitrogen and oxygen atoms in total. The van der Waals surface area contributed by atoms with E-state index in [-0.39, 0.29) is 25.0 Å². The lowest BCUT2D eigenvalue weighted by molar-refractivity contribution is -0.148. The second-order valence-corrected chi connectivity index (χ2v) is 6.75. The first-order valence-corrected chi connectivity index (χ1v) is 8.63. The maximum absolute atomic E-state index is 11.9. The molecule has 0 heterocycles. The zero-order valence-electron chi connectivity index (χ0n) is 14.1. The van der Waals surface area contributed by atoms with Gasteiger partial charge >= 0.3 is 5.97 Å². The van der Waals surface area contributed by atoms with E-state index in [9.17, 15) is 9.59 Å². The van der Waals surface area contributed by atoms with Crippen LogP contribution in [0, 0.1) is 5.92 Å². The van der Waals surface area contributed by atoms with Crippen molar-refractivity contribution in [2.24, 2.45) is 5.92 Å². The van der Waals surface area contributed by atoms with Gasteiger partial charge in [-0.2, -0.15) is 0 Å². The minimum absolute atomic E-state index is 0.0119. The highest BCUT2D eigenvalue weighted by molar-refractivity contribution is 6.30. The molecule has 0 unspecified atom stereocenters. The van der Waals surface area contributed by atoms with Crippen LogP contribution in [0.4, 0.5) is 0 Å². The third-order valence-electron chi connectivity index (χ3n) is 4.32. The quantitative estimate of drug-likeness (QED) is 0.798. The zero-order chi connectivity index (χ0) is 17.5. The molecule has 0 aromatic heterocycles. The van der Waals surface area contributed by atoms with Gasteiger partial charge in [-0.25, -0.2) is 0 Å². The van der Waals surface area contributed by atoms with Gasteiger partial charge in [0.2, 0.25) is 0 Å². The van der Waals surface area contributed by atoms with Crippen LogP contribution in [0.2, 0.25) is 5.02 Å². The van der Waals surface area contributed by atoms with Gasteiger partial charge in [0.25, 0.3) is 5.91 Å². The number of carbonyl (C=O) groups is 2. The summed E-state index contributed by atoms with van der Waals surface area (Å²) in [5.74, 6) is 0.560. The highest BCUT2D eigenvalue weighted by atomic mass is 35.5. The van der Waals surface area contributed by atoms with E-state index in [0.717, 1.165) is 31.6 Å². The Labute approximate surface area is 147 Å². The maximum Gasteiger partial charge on any atom is 0.310 e. The molecule has 132 valence electrons. The largest absolute Gasteiger partial charge is 0.496 e. The van der Waals surface area contributed by atoms with Crippen LogP contribution in [-0.2, 0) is 20.7 Å². The van der Waals surface area contributed by atoms with Crippen molar-refractivity contribution in [3.05, 3.63) is 28.8 Å². The monoisotopic (exact) mass is 353 g/mol. The number of halogens is 1. The molecule has 1 aromatic carbocycles. The van der Waals surface area contributed by atoms with Crippen LogP contribution < -0.4 is 10.1 Å². The van der Waals surface area contributed by atoms with Crippen LogP contribution in [0.25, 0.3) is 0 Å². The molecule has 1 aliphatic carbocycles. The van der Waals surface area contributed by atoms with E-state index in [2.05, 4.69) is 12.2 Å². The van der Waals surface area contributed by atoms with Crippen molar-refractivity contribution in [2.45, 2.75) is 45.1 Å². The summed E-state index contributed by atoms with van der Waals surface area (Å²) < 4.78 is 10.3. The molecule has 0 spiro atoms. The van der Waals surface area contributed by atoms with Gasteiger partial charge in [-0.15, -0.1) is 0 Å². The molecular weight excluding hydrogens is 330 g/mol. The Balaban J connectivity index is 1.76. The molecule has 1 N–H and O–H groups in total. The Morgan fingerprint density at radius 1 is 1.25 bits per heavy atom. The topological polar surface area (TPSA) is 64.6 Å². The lowest BCUT2D eigenvalue weighted by Gasteiger charge is -2.26. The van der Waals surface area contributed by atoms with E-state index in [0.29, 0.717) is 16.3 Å². The van der Waals surface area contributed by atoms with Crippen molar-refractivity contribution in [3.8, 4) is 5.75 Å². The Hall–Kier alpha value is -1.75. The van der Waals surface area contributed by atoms with Crippen molar-refractivity contribution in [2.75, 3.05) is 13.7 Å². The van der Waals surface area contributed by atoms with Gasteiger partial charge in [0.15, 0.2) is 6.61 Å². The molecule has 2 rings (SSSR count). The van der Waals surface area contributed by atoms with Crippen LogP contribution in [0.1, 0.15) is 38.2 Å². The van der Waals surface area contributed by atoms with Crippen LogP contribution >= 0.6 is 11.6 Å². The van der Waals surface area contributed by atoms with Gasteiger partial charge in [0.1, 0.15) is 5.75 Å². The van der Waals surface area contributed by atoms with Gasteiger partial charge in [0, 0.05) is 16.6 Å². The van der Waals surface area contributed by atoms with E-state index < -0.39 is 5.97 Å². The van der Waals surface area contributed by atoms with E-state index in [1.54, 1.807) is 18.2 Å². The molecule has 0 atom stereocenters. The molecule has 1 aromatic rings. The van der Waals surface area contributed by atoms with Crippen LogP contribution in [0.3, 0.4) is 0 Å². The molecule has 0 saturated heterocycles. The summed E-state index contributed by atoms with van der Waals surface area (Å²) in [4.78, 5) is 23.8. The highest BCUT2D eigenvalue weighted by Gasteiger charge is 2.20. The van der Waals surface area contributed by atoms with Gasteiger partial charge in [-0.1, -0.05) is 18.5 Å². The van der Waals surface area contributed by atoms with E-state index in [4.69, 9.17) is 21.1 Å². The number of esters is 1. The number of hydrogen-bond acceptors (Lipinski definition) is 4. The van der Waals surface area contributed by atoms with Crippen LogP contribution in [0.5, 0.6) is 5.75 Å². The predicted molar refractivity (Wildman–Crippen MR) is 92.2 cm³/mol. The normalized spacial score (nSPS) is 20.3. The standard InChI is InChI=1S/C18H24ClNO4/c1-12-3-6-15(7-4-12)20-17(21)11-24-18(22)10-13-9-14(19)5-8-16(13)23-2/h5,8-9,12,15H,3-4,6-7,10-11H2,1-2H3,(H,20,21). The third-order valence-corrected chi connectivity index (χ3v) is 4.56. The smallest absolute Gasteiger partial charge is 0.310 e. The zero-order valence-corrected chi connectivity index (χ0v) is 14.9. The first kappa shape index (κ1) is 18.6. The number of nitrogens with one attached hydrogen (secondary N) is 1. The summed E-state index contributed by atoms with van der Waals surface area (Å²) in [5, 5.41) is 3.44. The SMILES string of the molecule is COc1ccc(Cl)cc1CC(=O)OCC(=O)NC1CCC(C)CC1. The minimum Gasteiger partial charge on any atom is -0.496 e. The molecule has 1 aliphatic rings. The molecule has 6 heteroatoms. The van der Waals surface area contributed by atoms with Gasteiger partial charge in [0.05, 0.1) is 13.5 Å². The molecular formula is C18H24ClNO4. The molecule has 24 heavy (non-hydrogen) atoms. The van der Waals surface area contributed by atoms with Crippen molar-refractivity contribution in [1.82, 2.24) is 5.32 Å². The lowest BCUT2D eigenvalue weighted by Crippen LogP contribution is -2.39. The Morgan fingerprint density at radius 2 is 1.96 bits per heavy atom. The first-order valence-electron chi connectivity index (χ1n) is 8.25. The number of methoxy groups -OCH3 is 1. The second kappa shape index (κ2) is 8.92. The highest BCUT2D eigenvalue weighted by Crippen LogP contribution is 2.24. The van der Waals surface area contributed by atoms with Crippen molar-refractivity contribution >= 4 is 23.5 Å². The molecule has 0 aliphatic heterocycles. The minimum atomic E-state index is -0.483. The Morgan fingerprint density at radius 3 is 2.62 bits per heavy atom. The molecule has 0 bridgehead atoms. The lowest BCUT2D eigenvalue weighted by atomic mass is 9.87. The molecule has 0 radical (unpaired) electrons. The number of rotatable bonds is 6. The van der Waals surface area contributed by atoms with Crippen molar-refractivity contribution in [1.29, 1.82) is 0 Å². The summed E-state index contributed by atoms with van der Waals surface area (Å²) in [6, 6.07) is 5.24. The first-order chi connectivity index (χ1) is 11.5. The molecule has 1 fully saturated rings. The Bertz CT molecular complexity index is 582. The van der Waals surface area contributed by atoms with Gasteiger partial charge < -0.3 is 14.8 Å². The number of carbonyl (C=O) groups excluding carboxylic acids is 2. The fraction of sp³-hybridized carbons (Fsp3) is 0.556. The summed E-state index contributed by atoms with van der Waals surface area (Å²) in [5.41, 5.74) is 0.636. The number of amides is 1. The molecule has 1 amide bonds. The Kier molecular flexibility index (Phi) is 6.91. The fourth-order valence-corrected chi connectivity index (χ4v) is 3.11. The van der Waals surface area contributed by atoms with E-state index in [1.807, 2.05) is 0 Å². The van der Waals surface area contributed by atoms with Crippen molar-refractivity contribution < 1.29 is 19.1 Å². The summed E-state index contributed by atoms with van der Waals surface area (Å²) in [6.45, 7) is 1.97. The number of ether oxygens (including phenoxy) is 2. The average Bonchev–Trinajstić information content (AvgIpc) is 2.55. The fourth-order valence-electron chi connectivity index (χ4n) is 2.91. The number of hydrogen-bond donors (Lipinski definition) is 1. The summed E-state index contributed by atoms with van der Waals surface area (Å²) >= 11 is 5.93. The van der Waals surface area contributed by atoms with Gasteiger partial charge in [-0.3, -0.25) is 9.59 Å². The number of benzene rings is 1. The van der Waals surface area contributed by atoms with E-state index in [1.165, 1.54) is 7.11 Å². The van der Waals surface area contributed by atoms with Crippen molar-refractivity contribution in [3.63, 3.8) is 0 Å². The summed E-state index contributed by atoms with van der Waals surface area (Å²) in [6.07, 6.45) is 4.23. The van der Waals surface area contributed by atoms with Crippen LogP contribution in [-0.4, -0.2) is 31.6 Å². The van der Waals surface area contributed by atoms with Crippen LogP contribution in [0.15, 0.2) is 18.2 Å². The third kappa shape index (κ3) is 5.71. The van der Waals surface area contributed by atoms with E-state index >= 15 is 0 Å². The second-order valence-electron chi connectivity index (χ2n) is 6.32. The van der Waals surface area contributed by atoms with Gasteiger partial charge in [-0.05, 0) is 49.8 Å². The summed E-state index contributed by atoms with van der Waals surface area (Å²) in [7, 11) is 1.52. The molecule has 1 saturated carbocycles.